The Balaban J connectivity index is 0.00000267. The zero-order valence-electron chi connectivity index (χ0n) is 21.2. The number of anilines is 3. The molecule has 3 aromatic carbocycles. The summed E-state index contributed by atoms with van der Waals surface area (Å²) in [7, 11) is 1.65. The average molecular weight is 613 g/mol. The lowest BCUT2D eigenvalue weighted by Gasteiger charge is -2.41. The van der Waals surface area contributed by atoms with Gasteiger partial charge in [-0.1, -0.05) is 53.5 Å². The van der Waals surface area contributed by atoms with E-state index in [0.717, 1.165) is 22.6 Å². The summed E-state index contributed by atoms with van der Waals surface area (Å²) in [5.74, 6) is 0.174. The number of urea groups is 1. The number of carbonyl (C=O) groups is 2. The molecule has 0 aromatic heterocycles. The fourth-order valence-electron chi connectivity index (χ4n) is 4.37. The molecule has 0 aliphatic carbocycles. The second-order valence-electron chi connectivity index (χ2n) is 8.55. The van der Waals surface area contributed by atoms with Gasteiger partial charge in [-0.2, -0.15) is 0 Å². The van der Waals surface area contributed by atoms with Crippen molar-refractivity contribution in [2.45, 2.75) is 19.6 Å². The number of nitrogens with two attached hydrogens (primary N) is 2. The number of para-hydroxylation sites is 1. The Hall–Kier alpha value is -3.30. The van der Waals surface area contributed by atoms with Crippen LogP contribution in [0.4, 0.5) is 21.9 Å². The number of hydrogen-bond acceptors (Lipinski definition) is 5. The van der Waals surface area contributed by atoms with E-state index >= 15 is 0 Å². The number of rotatable bonds is 7. The molecule has 3 aromatic rings. The van der Waals surface area contributed by atoms with E-state index in [9.17, 15) is 9.59 Å². The molecule has 0 fully saturated rings. The second kappa shape index (κ2) is 13.7. The van der Waals surface area contributed by atoms with E-state index < -0.39 is 12.1 Å². The van der Waals surface area contributed by atoms with Crippen molar-refractivity contribution in [3.63, 3.8) is 0 Å². The molecule has 1 aliphatic rings. The summed E-state index contributed by atoms with van der Waals surface area (Å²) in [6.45, 7) is 1.73. The van der Waals surface area contributed by atoms with E-state index in [1.165, 1.54) is 4.90 Å². The Labute approximate surface area is 249 Å². The molecule has 0 saturated carbocycles. The number of ether oxygens (including phenoxy) is 1. The lowest BCUT2D eigenvalue weighted by atomic mass is 9.94. The molecule has 3 amide bonds. The summed E-state index contributed by atoms with van der Waals surface area (Å²) in [4.78, 5) is 27.9. The van der Waals surface area contributed by atoms with Crippen molar-refractivity contribution in [3.05, 3.63) is 99.4 Å². The van der Waals surface area contributed by atoms with Crippen molar-refractivity contribution >= 4 is 77.0 Å². The number of hydrogen-bond donors (Lipinski definition) is 3. The summed E-state index contributed by atoms with van der Waals surface area (Å²) in [5, 5.41) is 3.31. The van der Waals surface area contributed by atoms with Crippen molar-refractivity contribution < 1.29 is 14.3 Å². The molecule has 12 heteroatoms. The maximum atomic E-state index is 13.1. The third-order valence-corrected chi connectivity index (χ3v) is 6.88. The highest BCUT2D eigenvalue weighted by Crippen LogP contribution is 2.47. The molecule has 1 unspecified atom stereocenters. The number of primary amides is 1. The van der Waals surface area contributed by atoms with E-state index in [0.29, 0.717) is 27.1 Å². The number of allylic oxidation sites excluding steroid dienone is 1. The lowest BCUT2D eigenvalue weighted by molar-refractivity contribution is -0.131. The molecular formula is C27H29Cl4N5O3. The number of halogens is 4. The van der Waals surface area contributed by atoms with Crippen LogP contribution in [-0.4, -0.2) is 30.4 Å². The van der Waals surface area contributed by atoms with Gasteiger partial charge in [0, 0.05) is 39.6 Å². The second-order valence-corrected chi connectivity index (χ2v) is 9.37. The lowest BCUT2D eigenvalue weighted by Crippen LogP contribution is -2.44. The molecule has 8 nitrogen and oxygen atoms in total. The molecule has 1 atom stereocenters. The van der Waals surface area contributed by atoms with Crippen LogP contribution in [0.3, 0.4) is 0 Å². The van der Waals surface area contributed by atoms with Gasteiger partial charge < -0.3 is 31.3 Å². The highest BCUT2D eigenvalue weighted by molar-refractivity contribution is 6.35. The third-order valence-electron chi connectivity index (χ3n) is 6.17. The average Bonchev–Trinajstić information content (AvgIpc) is 2.86. The number of nitrogens with one attached hydrogen (secondary N) is 1. The van der Waals surface area contributed by atoms with Crippen LogP contribution in [0.2, 0.25) is 10.0 Å². The van der Waals surface area contributed by atoms with Gasteiger partial charge in [-0.3, -0.25) is 4.79 Å². The molecule has 4 rings (SSSR count). The molecule has 1 heterocycles. The van der Waals surface area contributed by atoms with Crippen molar-refractivity contribution in [1.82, 2.24) is 10.2 Å². The molecule has 208 valence electrons. The fraction of sp³-hybridized carbons (Fsp3) is 0.185. The zero-order chi connectivity index (χ0) is 26.7. The topological polar surface area (TPSA) is 114 Å². The number of carbonyl (C=O) groups excluding carboxylic acids is 2. The van der Waals surface area contributed by atoms with E-state index in [-0.39, 0.29) is 43.9 Å². The Bertz CT molecular complexity index is 1360. The number of nitrogen functional groups attached to an aromatic ring is 1. The number of benzene rings is 3. The predicted molar refractivity (Wildman–Crippen MR) is 161 cm³/mol. The van der Waals surface area contributed by atoms with Gasteiger partial charge in [-0.05, 0) is 43.3 Å². The van der Waals surface area contributed by atoms with Crippen LogP contribution in [0.1, 0.15) is 24.1 Å². The van der Waals surface area contributed by atoms with Crippen molar-refractivity contribution in [2.75, 3.05) is 24.2 Å². The van der Waals surface area contributed by atoms with Crippen LogP contribution in [0, 0.1) is 0 Å². The minimum atomic E-state index is -0.782. The van der Waals surface area contributed by atoms with Gasteiger partial charge >= 0.3 is 6.03 Å². The Kier molecular flexibility index (Phi) is 11.2. The van der Waals surface area contributed by atoms with Crippen molar-refractivity contribution in [2.24, 2.45) is 5.73 Å². The molecule has 5 N–H and O–H groups in total. The van der Waals surface area contributed by atoms with Crippen LogP contribution < -0.4 is 21.7 Å². The summed E-state index contributed by atoms with van der Waals surface area (Å²) in [6, 6.07) is 19.1. The molecule has 0 radical (unpaired) electrons. The number of nitrogens with zero attached hydrogens (tertiary/aromatic N) is 2. The highest BCUT2D eigenvalue weighted by Gasteiger charge is 2.37. The van der Waals surface area contributed by atoms with E-state index in [4.69, 9.17) is 39.4 Å². The van der Waals surface area contributed by atoms with E-state index in [2.05, 4.69) is 5.32 Å². The Morgan fingerprint density at radius 1 is 1.03 bits per heavy atom. The quantitative estimate of drug-likeness (QED) is 0.275. The number of likely N-dealkylation sites (N-methyl/N-ethyl adjacent to an activating group) is 1. The first-order chi connectivity index (χ1) is 17.7. The van der Waals surface area contributed by atoms with Gasteiger partial charge in [-0.15, -0.1) is 24.8 Å². The summed E-state index contributed by atoms with van der Waals surface area (Å²) >= 11 is 12.8. The summed E-state index contributed by atoms with van der Waals surface area (Å²) in [5.41, 5.74) is 15.8. The molecule has 0 bridgehead atoms. The standard InChI is InChI=1S/C27H27Cl2N5O3.2ClH/c1-16-26(37-15-20-21(28)10-6-11-22(20)29)25(33(2)24(35)14-32-27(31)36)19-9-3-4-12-23(19)34(16)18-8-5-7-17(30)13-18;;/h3-13,25H,14-15,30H2,1-2H3,(H3,31,32,36);2*1H. The fourth-order valence-corrected chi connectivity index (χ4v) is 4.87. The molecular weight excluding hydrogens is 584 g/mol. The first-order valence-electron chi connectivity index (χ1n) is 11.5. The van der Waals surface area contributed by atoms with Crippen LogP contribution in [0.25, 0.3) is 0 Å². The summed E-state index contributed by atoms with van der Waals surface area (Å²) < 4.78 is 6.42. The predicted octanol–water partition coefficient (Wildman–Crippen LogP) is 6.19. The van der Waals surface area contributed by atoms with Crippen LogP contribution >= 0.6 is 48.0 Å². The first kappa shape index (κ1) is 31.9. The third kappa shape index (κ3) is 6.83. The van der Waals surface area contributed by atoms with Crippen LogP contribution in [-0.2, 0) is 16.1 Å². The minimum Gasteiger partial charge on any atom is -0.489 e. The SMILES string of the molecule is CC1=C(OCc2c(Cl)cccc2Cl)C(N(C)C(=O)CNC(N)=O)c2ccccc2N1c1cccc(N)c1.Cl.Cl. The highest BCUT2D eigenvalue weighted by atomic mass is 35.5. The molecule has 0 spiro atoms. The van der Waals surface area contributed by atoms with Gasteiger partial charge in [-0.25, -0.2) is 4.79 Å². The largest absolute Gasteiger partial charge is 0.489 e. The van der Waals surface area contributed by atoms with E-state index in [1.807, 2.05) is 60.4 Å². The maximum Gasteiger partial charge on any atom is 0.312 e. The van der Waals surface area contributed by atoms with Crippen LogP contribution in [0.5, 0.6) is 0 Å². The minimum absolute atomic E-state index is 0. The summed E-state index contributed by atoms with van der Waals surface area (Å²) in [6.07, 6.45) is 0. The van der Waals surface area contributed by atoms with Gasteiger partial charge in [0.05, 0.1) is 17.9 Å². The first-order valence-corrected chi connectivity index (χ1v) is 12.2. The van der Waals surface area contributed by atoms with Gasteiger partial charge in [0.15, 0.2) is 0 Å². The van der Waals surface area contributed by atoms with Gasteiger partial charge in [0.25, 0.3) is 0 Å². The molecule has 1 aliphatic heterocycles. The molecule has 39 heavy (non-hydrogen) atoms. The monoisotopic (exact) mass is 611 g/mol. The zero-order valence-corrected chi connectivity index (χ0v) is 24.3. The Morgan fingerprint density at radius 3 is 2.31 bits per heavy atom. The maximum absolute atomic E-state index is 13.1. The smallest absolute Gasteiger partial charge is 0.312 e. The van der Waals surface area contributed by atoms with Crippen LogP contribution in [0.15, 0.2) is 78.2 Å². The van der Waals surface area contributed by atoms with E-state index in [1.54, 1.807) is 25.2 Å². The van der Waals surface area contributed by atoms with Crippen molar-refractivity contribution in [1.29, 1.82) is 0 Å². The molecule has 0 saturated heterocycles. The van der Waals surface area contributed by atoms with Gasteiger partial charge in [0.1, 0.15) is 18.4 Å². The number of fused-ring (bicyclic) bond motifs is 1. The normalized spacial score (nSPS) is 13.9. The Morgan fingerprint density at radius 2 is 1.67 bits per heavy atom. The van der Waals surface area contributed by atoms with Gasteiger partial charge in [0.2, 0.25) is 5.91 Å². The number of amides is 3. The van der Waals surface area contributed by atoms with Crippen molar-refractivity contribution in [3.8, 4) is 0 Å².